The molecule has 1 N–H and O–H groups in total. The van der Waals surface area contributed by atoms with Crippen molar-refractivity contribution in [2.45, 2.75) is 45.1 Å². The zero-order valence-electron chi connectivity index (χ0n) is 10.0. The van der Waals surface area contributed by atoms with Crippen LogP contribution in [-0.2, 0) is 0 Å². The normalized spacial score (nSPS) is 18.2. The number of hydrogen-bond donors (Lipinski definition) is 1. The van der Waals surface area contributed by atoms with Gasteiger partial charge >= 0.3 is 0 Å². The summed E-state index contributed by atoms with van der Waals surface area (Å²) in [7, 11) is 0. The minimum Gasteiger partial charge on any atom is -0.472 e. The Bertz CT molecular complexity index is 327. The quantitative estimate of drug-likeness (QED) is 0.761. The Morgan fingerprint density at radius 3 is 3.00 bits per heavy atom. The summed E-state index contributed by atoms with van der Waals surface area (Å²) in [6.45, 7) is 3.16. The number of allylic oxidation sites excluding steroid dienone is 1. The highest BCUT2D eigenvalue weighted by Gasteiger charge is 2.14. The fraction of sp³-hybridized carbons (Fsp3) is 0.571. The molecule has 0 saturated heterocycles. The topological polar surface area (TPSA) is 25.2 Å². The van der Waals surface area contributed by atoms with E-state index in [2.05, 4.69) is 24.4 Å². The number of rotatable bonds is 5. The van der Waals surface area contributed by atoms with Crippen molar-refractivity contribution in [1.29, 1.82) is 0 Å². The summed E-state index contributed by atoms with van der Waals surface area (Å²) in [5.41, 5.74) is 2.88. The summed E-state index contributed by atoms with van der Waals surface area (Å²) in [5.74, 6) is 0. The number of furan rings is 1. The van der Waals surface area contributed by atoms with E-state index in [0.29, 0.717) is 6.04 Å². The lowest BCUT2D eigenvalue weighted by atomic mass is 9.92. The minimum absolute atomic E-state index is 0.424. The van der Waals surface area contributed by atoms with Gasteiger partial charge in [-0.25, -0.2) is 0 Å². The monoisotopic (exact) mass is 219 g/mol. The van der Waals surface area contributed by atoms with E-state index in [1.165, 1.54) is 31.2 Å². The van der Waals surface area contributed by atoms with E-state index in [1.54, 1.807) is 11.8 Å². The Labute approximate surface area is 97.7 Å². The van der Waals surface area contributed by atoms with Crippen LogP contribution in [0.5, 0.6) is 0 Å². The lowest BCUT2D eigenvalue weighted by Gasteiger charge is -2.20. The SMILES string of the molecule is CCNC(CC1=CCCCC1)c1ccoc1. The first-order valence-corrected chi connectivity index (χ1v) is 6.33. The number of hydrogen-bond acceptors (Lipinski definition) is 2. The maximum Gasteiger partial charge on any atom is 0.0950 e. The van der Waals surface area contributed by atoms with Crippen LogP contribution in [0.25, 0.3) is 0 Å². The predicted octanol–water partition coefficient (Wildman–Crippen LogP) is 3.82. The van der Waals surface area contributed by atoms with Crippen LogP contribution < -0.4 is 5.32 Å². The molecule has 16 heavy (non-hydrogen) atoms. The van der Waals surface area contributed by atoms with E-state index >= 15 is 0 Å². The van der Waals surface area contributed by atoms with Gasteiger partial charge < -0.3 is 9.73 Å². The molecule has 1 heterocycles. The van der Waals surface area contributed by atoms with Crippen molar-refractivity contribution < 1.29 is 4.42 Å². The Kier molecular flexibility index (Phi) is 4.23. The molecular weight excluding hydrogens is 198 g/mol. The van der Waals surface area contributed by atoms with Gasteiger partial charge in [-0.3, -0.25) is 0 Å². The third-order valence-corrected chi connectivity index (χ3v) is 3.25. The molecule has 1 aliphatic carbocycles. The van der Waals surface area contributed by atoms with Gasteiger partial charge in [-0.05, 0) is 44.7 Å². The second kappa shape index (κ2) is 5.90. The van der Waals surface area contributed by atoms with Crippen LogP contribution in [-0.4, -0.2) is 6.54 Å². The molecule has 0 aliphatic heterocycles. The summed E-state index contributed by atoms with van der Waals surface area (Å²) >= 11 is 0. The Morgan fingerprint density at radius 1 is 1.44 bits per heavy atom. The molecule has 0 fully saturated rings. The Morgan fingerprint density at radius 2 is 2.38 bits per heavy atom. The van der Waals surface area contributed by atoms with Crippen LogP contribution in [0.4, 0.5) is 0 Å². The van der Waals surface area contributed by atoms with Crippen molar-refractivity contribution in [2.24, 2.45) is 0 Å². The predicted molar refractivity (Wildman–Crippen MR) is 66.3 cm³/mol. The molecule has 0 radical (unpaired) electrons. The van der Waals surface area contributed by atoms with E-state index in [4.69, 9.17) is 4.42 Å². The molecule has 0 spiro atoms. The molecule has 0 aromatic carbocycles. The lowest BCUT2D eigenvalue weighted by Crippen LogP contribution is -2.21. The van der Waals surface area contributed by atoms with Crippen LogP contribution in [0.1, 0.15) is 50.6 Å². The summed E-state index contributed by atoms with van der Waals surface area (Å²) in [4.78, 5) is 0. The Hall–Kier alpha value is -1.02. The second-order valence-electron chi connectivity index (χ2n) is 4.48. The zero-order chi connectivity index (χ0) is 11.2. The van der Waals surface area contributed by atoms with Crippen LogP contribution in [0.2, 0.25) is 0 Å². The van der Waals surface area contributed by atoms with Crippen LogP contribution in [0, 0.1) is 0 Å². The first kappa shape index (κ1) is 11.5. The molecule has 2 nitrogen and oxygen atoms in total. The second-order valence-corrected chi connectivity index (χ2v) is 4.48. The first-order chi connectivity index (χ1) is 7.90. The fourth-order valence-corrected chi connectivity index (χ4v) is 2.38. The van der Waals surface area contributed by atoms with Gasteiger partial charge in [0.2, 0.25) is 0 Å². The molecule has 2 heteroatoms. The molecule has 2 rings (SSSR count). The first-order valence-electron chi connectivity index (χ1n) is 6.33. The molecule has 0 bridgehead atoms. The van der Waals surface area contributed by atoms with Crippen LogP contribution in [0.15, 0.2) is 34.7 Å². The van der Waals surface area contributed by atoms with Crippen molar-refractivity contribution in [2.75, 3.05) is 6.54 Å². The summed E-state index contributed by atoms with van der Waals surface area (Å²) < 4.78 is 5.17. The van der Waals surface area contributed by atoms with Gasteiger partial charge in [0.1, 0.15) is 0 Å². The van der Waals surface area contributed by atoms with Crippen LogP contribution in [0.3, 0.4) is 0 Å². The van der Waals surface area contributed by atoms with Crippen LogP contribution >= 0.6 is 0 Å². The highest BCUT2D eigenvalue weighted by atomic mass is 16.3. The van der Waals surface area contributed by atoms with E-state index in [-0.39, 0.29) is 0 Å². The van der Waals surface area contributed by atoms with Crippen molar-refractivity contribution in [3.63, 3.8) is 0 Å². The number of nitrogens with one attached hydrogen (secondary N) is 1. The van der Waals surface area contributed by atoms with Gasteiger partial charge in [0.25, 0.3) is 0 Å². The molecule has 88 valence electrons. The molecule has 1 aliphatic rings. The average Bonchev–Trinajstić information content (AvgIpc) is 2.83. The standard InChI is InChI=1S/C14H21NO/c1-2-15-14(13-8-9-16-11-13)10-12-6-4-3-5-7-12/h6,8-9,11,14-15H,2-5,7,10H2,1H3. The minimum atomic E-state index is 0.424. The van der Waals surface area contributed by atoms with Crippen molar-refractivity contribution >= 4 is 0 Å². The van der Waals surface area contributed by atoms with Crippen molar-refractivity contribution in [3.05, 3.63) is 35.8 Å². The van der Waals surface area contributed by atoms with Gasteiger partial charge in [-0.2, -0.15) is 0 Å². The van der Waals surface area contributed by atoms with Gasteiger partial charge in [0, 0.05) is 11.6 Å². The maximum absolute atomic E-state index is 5.17. The highest BCUT2D eigenvalue weighted by Crippen LogP contribution is 2.27. The summed E-state index contributed by atoms with van der Waals surface area (Å²) in [6, 6.07) is 2.49. The molecule has 1 unspecified atom stereocenters. The smallest absolute Gasteiger partial charge is 0.0950 e. The van der Waals surface area contributed by atoms with Crippen molar-refractivity contribution in [3.8, 4) is 0 Å². The summed E-state index contributed by atoms with van der Waals surface area (Å²) in [6.07, 6.45) is 12.4. The van der Waals surface area contributed by atoms with Gasteiger partial charge in [0.15, 0.2) is 0 Å². The average molecular weight is 219 g/mol. The molecule has 1 aromatic rings. The van der Waals surface area contributed by atoms with E-state index < -0.39 is 0 Å². The Balaban J connectivity index is 1.99. The fourth-order valence-electron chi connectivity index (χ4n) is 2.38. The highest BCUT2D eigenvalue weighted by molar-refractivity contribution is 5.17. The van der Waals surface area contributed by atoms with Gasteiger partial charge in [-0.15, -0.1) is 0 Å². The van der Waals surface area contributed by atoms with E-state index in [1.807, 2.05) is 6.26 Å². The van der Waals surface area contributed by atoms with E-state index in [0.717, 1.165) is 13.0 Å². The molecule has 0 saturated carbocycles. The van der Waals surface area contributed by atoms with Gasteiger partial charge in [-0.1, -0.05) is 18.6 Å². The largest absolute Gasteiger partial charge is 0.472 e. The zero-order valence-corrected chi connectivity index (χ0v) is 10.0. The third kappa shape index (κ3) is 2.99. The summed E-state index contributed by atoms with van der Waals surface area (Å²) in [5, 5.41) is 3.53. The molecule has 1 aromatic heterocycles. The van der Waals surface area contributed by atoms with Gasteiger partial charge in [0.05, 0.1) is 12.5 Å². The lowest BCUT2D eigenvalue weighted by molar-refractivity contribution is 0.511. The van der Waals surface area contributed by atoms with E-state index in [9.17, 15) is 0 Å². The molecule has 1 atom stereocenters. The third-order valence-electron chi connectivity index (χ3n) is 3.25. The van der Waals surface area contributed by atoms with Crippen molar-refractivity contribution in [1.82, 2.24) is 5.32 Å². The molecular formula is C14H21NO. The molecule has 0 amide bonds. The maximum atomic E-state index is 5.17.